The fourth-order valence-electron chi connectivity index (χ4n) is 7.91. The highest BCUT2D eigenvalue weighted by atomic mass is 32.1. The maximum atomic E-state index is 3.93. The summed E-state index contributed by atoms with van der Waals surface area (Å²) in [6, 6.07) is 55.9. The summed E-state index contributed by atoms with van der Waals surface area (Å²) in [5.41, 5.74) is 6.28. The average Bonchev–Trinajstić information content (AvgIpc) is 3.88. The molecular weight excluding hydrogens is 679 g/mol. The van der Waals surface area contributed by atoms with E-state index in [4.69, 9.17) is 0 Å². The van der Waals surface area contributed by atoms with Gasteiger partial charge in [-0.2, -0.15) is 0 Å². The van der Waals surface area contributed by atoms with E-state index in [1.54, 1.807) is 0 Å². The van der Waals surface area contributed by atoms with Crippen LogP contribution < -0.4 is 16.0 Å². The van der Waals surface area contributed by atoms with Crippen LogP contribution in [-0.4, -0.2) is 0 Å². The first-order chi connectivity index (χ1) is 25.2. The van der Waals surface area contributed by atoms with Crippen LogP contribution in [0, 0.1) is 0 Å². The molecule has 4 heterocycles. The summed E-state index contributed by atoms with van der Waals surface area (Å²) in [5.74, 6) is 0. The van der Waals surface area contributed by atoms with E-state index in [0.717, 1.165) is 0 Å². The lowest BCUT2D eigenvalue weighted by molar-refractivity contribution is 0.203. The van der Waals surface area contributed by atoms with Gasteiger partial charge in [-0.15, -0.1) is 34.0 Å². The number of nitrogens with one attached hydrogen (secondary N) is 3. The molecule has 0 spiro atoms. The van der Waals surface area contributed by atoms with Gasteiger partial charge in [0.2, 0.25) is 0 Å². The first-order valence-electron chi connectivity index (χ1n) is 17.3. The van der Waals surface area contributed by atoms with Crippen LogP contribution in [0.2, 0.25) is 0 Å². The van der Waals surface area contributed by atoms with Crippen LogP contribution in [0.15, 0.2) is 152 Å². The number of hydrogen-bond acceptors (Lipinski definition) is 6. The zero-order valence-electron chi connectivity index (χ0n) is 27.4. The number of thiophene rings is 3. The van der Waals surface area contributed by atoms with Gasteiger partial charge in [0.15, 0.2) is 0 Å². The third-order valence-corrected chi connectivity index (χ3v) is 13.9. The van der Waals surface area contributed by atoms with Crippen molar-refractivity contribution in [3.63, 3.8) is 0 Å². The molecule has 1 fully saturated rings. The Labute approximate surface area is 306 Å². The number of fused-ring (bicyclic) bond motifs is 9. The van der Waals surface area contributed by atoms with Gasteiger partial charge in [0.25, 0.3) is 0 Å². The largest absolute Gasteiger partial charge is 0.279 e. The van der Waals surface area contributed by atoms with Gasteiger partial charge in [0, 0.05) is 60.5 Å². The smallest absolute Gasteiger partial charge is 0.0865 e. The van der Waals surface area contributed by atoms with Crippen molar-refractivity contribution in [3.8, 4) is 11.1 Å². The molecule has 3 unspecified atom stereocenters. The van der Waals surface area contributed by atoms with Gasteiger partial charge in [-0.3, -0.25) is 16.0 Å². The molecule has 1 saturated heterocycles. The van der Waals surface area contributed by atoms with Gasteiger partial charge in [-0.25, -0.2) is 0 Å². The highest BCUT2D eigenvalue weighted by Gasteiger charge is 2.30. The summed E-state index contributed by atoms with van der Waals surface area (Å²) in [7, 11) is 0. The predicted octanol–water partition coefficient (Wildman–Crippen LogP) is 12.6. The van der Waals surface area contributed by atoms with Crippen molar-refractivity contribution in [2.45, 2.75) is 18.5 Å². The van der Waals surface area contributed by atoms with Crippen molar-refractivity contribution in [3.05, 3.63) is 168 Å². The van der Waals surface area contributed by atoms with Crippen LogP contribution in [0.3, 0.4) is 0 Å². The minimum Gasteiger partial charge on any atom is -0.279 e. The maximum Gasteiger partial charge on any atom is 0.0865 e. The normalized spacial score (nSPS) is 18.2. The minimum atomic E-state index is -0.0490. The molecule has 1 aliphatic heterocycles. The van der Waals surface area contributed by atoms with E-state index in [2.05, 4.69) is 168 Å². The first kappa shape index (κ1) is 29.8. The van der Waals surface area contributed by atoms with Crippen molar-refractivity contribution in [1.82, 2.24) is 16.0 Å². The average molecular weight is 710 g/mol. The zero-order chi connectivity index (χ0) is 33.5. The molecule has 11 rings (SSSR count). The topological polar surface area (TPSA) is 36.1 Å². The Balaban J connectivity index is 0.975. The standard InChI is InChI=1S/C45H31N3S3/c1-2-9-26(10-3-1)43-46-44(28-19-22-39-36(23-28)32-12-5-6-15-37(32)49-39)48-45(47-43)29-18-21-34-33-20-17-27(24-40(33)50-41(34)25-29)30-13-8-14-35-31-11-4-7-16-38(31)51-42(30)35/h1-25,43-48H. The van der Waals surface area contributed by atoms with Crippen LogP contribution in [0.5, 0.6) is 0 Å². The Hall–Kier alpha value is -4.92. The van der Waals surface area contributed by atoms with E-state index in [-0.39, 0.29) is 18.5 Å². The van der Waals surface area contributed by atoms with E-state index in [9.17, 15) is 0 Å². The number of rotatable bonds is 4. The van der Waals surface area contributed by atoms with E-state index >= 15 is 0 Å². The van der Waals surface area contributed by atoms with Crippen molar-refractivity contribution < 1.29 is 0 Å². The molecular formula is C45H31N3S3. The monoisotopic (exact) mass is 709 g/mol. The highest BCUT2D eigenvalue weighted by Crippen LogP contribution is 2.43. The second-order valence-electron chi connectivity index (χ2n) is 13.4. The van der Waals surface area contributed by atoms with E-state index in [1.165, 1.54) is 88.3 Å². The summed E-state index contributed by atoms with van der Waals surface area (Å²) in [6.45, 7) is 0. The van der Waals surface area contributed by atoms with Crippen molar-refractivity contribution >= 4 is 94.5 Å². The second-order valence-corrected chi connectivity index (χ2v) is 16.6. The third-order valence-electron chi connectivity index (χ3n) is 10.4. The summed E-state index contributed by atoms with van der Waals surface area (Å²) in [6.07, 6.45) is -0.108. The molecule has 3 aromatic heterocycles. The molecule has 6 heteroatoms. The van der Waals surface area contributed by atoms with Crippen molar-refractivity contribution in [2.24, 2.45) is 0 Å². The molecule has 51 heavy (non-hydrogen) atoms. The molecule has 244 valence electrons. The van der Waals surface area contributed by atoms with E-state index in [0.29, 0.717) is 0 Å². The summed E-state index contributed by atoms with van der Waals surface area (Å²) >= 11 is 5.65. The Morgan fingerprint density at radius 3 is 1.69 bits per heavy atom. The van der Waals surface area contributed by atoms with Crippen LogP contribution in [0.1, 0.15) is 35.2 Å². The van der Waals surface area contributed by atoms with Crippen LogP contribution >= 0.6 is 34.0 Å². The summed E-state index contributed by atoms with van der Waals surface area (Å²) in [5, 5.41) is 19.6. The minimum absolute atomic E-state index is 0.0189. The quantitative estimate of drug-likeness (QED) is 0.170. The lowest BCUT2D eigenvalue weighted by Crippen LogP contribution is -2.54. The van der Waals surface area contributed by atoms with Crippen molar-refractivity contribution in [1.29, 1.82) is 0 Å². The maximum absolute atomic E-state index is 3.93. The molecule has 0 aliphatic carbocycles. The van der Waals surface area contributed by atoms with Gasteiger partial charge in [-0.1, -0.05) is 115 Å². The SMILES string of the molecule is c1ccc(C2NC(c3ccc4c(c3)sc3cc(-c5cccc6c5sc5ccccc56)ccc34)NC(c3ccc4sc5ccccc5c4c3)N2)cc1. The number of benzene rings is 7. The Kier molecular flexibility index (Phi) is 6.90. The summed E-state index contributed by atoms with van der Waals surface area (Å²) < 4.78 is 7.98. The van der Waals surface area contributed by atoms with Crippen molar-refractivity contribution in [2.75, 3.05) is 0 Å². The summed E-state index contributed by atoms with van der Waals surface area (Å²) in [4.78, 5) is 0. The molecule has 0 radical (unpaired) electrons. The molecule has 1 aliphatic rings. The van der Waals surface area contributed by atoms with Gasteiger partial charge in [0.1, 0.15) is 0 Å². The van der Waals surface area contributed by atoms with Gasteiger partial charge < -0.3 is 0 Å². The van der Waals surface area contributed by atoms with E-state index < -0.39 is 0 Å². The Morgan fingerprint density at radius 1 is 0.333 bits per heavy atom. The molecule has 0 amide bonds. The van der Waals surface area contributed by atoms with Crippen LogP contribution in [0.25, 0.3) is 71.6 Å². The van der Waals surface area contributed by atoms with E-state index in [1.807, 2.05) is 34.0 Å². The number of hydrogen-bond donors (Lipinski definition) is 3. The van der Waals surface area contributed by atoms with Crippen LogP contribution in [0.4, 0.5) is 0 Å². The molecule has 3 N–H and O–H groups in total. The van der Waals surface area contributed by atoms with Crippen LogP contribution in [-0.2, 0) is 0 Å². The lowest BCUT2D eigenvalue weighted by Gasteiger charge is -2.39. The lowest BCUT2D eigenvalue weighted by atomic mass is 10.0. The molecule has 0 saturated carbocycles. The van der Waals surface area contributed by atoms with Gasteiger partial charge >= 0.3 is 0 Å². The molecule has 0 bridgehead atoms. The second kappa shape index (κ2) is 11.8. The Morgan fingerprint density at radius 2 is 0.882 bits per heavy atom. The van der Waals surface area contributed by atoms with Gasteiger partial charge in [-0.05, 0) is 64.2 Å². The molecule has 3 atom stereocenters. The molecule has 3 nitrogen and oxygen atoms in total. The zero-order valence-corrected chi connectivity index (χ0v) is 29.8. The predicted molar refractivity (Wildman–Crippen MR) is 221 cm³/mol. The Bertz CT molecular complexity index is 2940. The third kappa shape index (κ3) is 4.94. The fraction of sp³-hybridized carbons (Fsp3) is 0.0667. The molecule has 10 aromatic rings. The first-order valence-corrected chi connectivity index (χ1v) is 19.8. The highest BCUT2D eigenvalue weighted by molar-refractivity contribution is 7.27. The fourth-order valence-corrected chi connectivity index (χ4v) is 11.4. The molecule has 7 aromatic carbocycles. The van der Waals surface area contributed by atoms with Gasteiger partial charge in [0.05, 0.1) is 18.5 Å².